The van der Waals surface area contributed by atoms with Crippen LogP contribution in [0.2, 0.25) is 0 Å². The molecule has 0 bridgehead atoms. The third kappa shape index (κ3) is 2.75. The molecule has 1 amide bonds. The Morgan fingerprint density at radius 3 is 2.70 bits per heavy atom. The van der Waals surface area contributed by atoms with Crippen LogP contribution in [0.25, 0.3) is 0 Å². The summed E-state index contributed by atoms with van der Waals surface area (Å²) in [7, 11) is 0. The number of hydrogen-bond acceptors (Lipinski definition) is 3. The molecular weight excluding hydrogens is 257 g/mol. The van der Waals surface area contributed by atoms with E-state index >= 15 is 0 Å². The highest BCUT2D eigenvalue weighted by Gasteiger charge is 2.12. The molecule has 0 spiro atoms. The molecule has 0 saturated heterocycles. The van der Waals surface area contributed by atoms with Crippen molar-refractivity contribution in [1.29, 1.82) is 5.26 Å². The Bertz CT molecular complexity index is 720. The Kier molecular flexibility index (Phi) is 3.67. The van der Waals surface area contributed by atoms with Gasteiger partial charge in [-0.15, -0.1) is 0 Å². The summed E-state index contributed by atoms with van der Waals surface area (Å²) < 4.78 is 13.7. The fourth-order valence-corrected chi connectivity index (χ4v) is 1.76. The number of nitriles is 1. The Morgan fingerprint density at radius 2 is 2.05 bits per heavy atom. The fourth-order valence-electron chi connectivity index (χ4n) is 1.76. The highest BCUT2D eigenvalue weighted by molar-refractivity contribution is 6.05. The predicted octanol–water partition coefficient (Wildman–Crippen LogP) is 2.84. The van der Waals surface area contributed by atoms with Crippen molar-refractivity contribution in [3.63, 3.8) is 0 Å². The van der Waals surface area contributed by atoms with Crippen LogP contribution in [0, 0.1) is 24.1 Å². The molecule has 0 fully saturated rings. The molecule has 0 radical (unpaired) electrons. The first-order chi connectivity index (χ1) is 9.51. The van der Waals surface area contributed by atoms with E-state index < -0.39 is 11.7 Å². The summed E-state index contributed by atoms with van der Waals surface area (Å²) in [6.45, 7) is 1.77. The van der Waals surface area contributed by atoms with Gasteiger partial charge in [0.2, 0.25) is 0 Å². The van der Waals surface area contributed by atoms with E-state index in [4.69, 9.17) is 11.0 Å². The number of anilines is 2. The minimum atomic E-state index is -0.654. The molecule has 2 aromatic rings. The van der Waals surface area contributed by atoms with Crippen LogP contribution in [0.1, 0.15) is 21.5 Å². The van der Waals surface area contributed by atoms with Crippen molar-refractivity contribution in [3.05, 3.63) is 58.9 Å². The molecule has 0 aliphatic heterocycles. The van der Waals surface area contributed by atoms with Gasteiger partial charge in [-0.2, -0.15) is 5.26 Å². The SMILES string of the molecule is Cc1ccc(N)cc1C(=O)Nc1ccc(C#N)cc1F. The number of hydrogen-bond donors (Lipinski definition) is 2. The van der Waals surface area contributed by atoms with Gasteiger partial charge in [-0.1, -0.05) is 6.07 Å². The van der Waals surface area contributed by atoms with Crippen LogP contribution in [0.15, 0.2) is 36.4 Å². The first kappa shape index (κ1) is 13.6. The molecule has 0 heterocycles. The highest BCUT2D eigenvalue weighted by atomic mass is 19.1. The van der Waals surface area contributed by atoms with E-state index in [0.717, 1.165) is 11.6 Å². The minimum absolute atomic E-state index is 0.0239. The standard InChI is InChI=1S/C15H12FN3O/c1-9-2-4-11(18)7-12(9)15(20)19-14-5-3-10(8-17)6-13(14)16/h2-7H,18H2,1H3,(H,19,20). The largest absolute Gasteiger partial charge is 0.399 e. The molecule has 2 aromatic carbocycles. The normalized spacial score (nSPS) is 9.85. The van der Waals surface area contributed by atoms with Gasteiger partial charge in [0.05, 0.1) is 17.3 Å². The highest BCUT2D eigenvalue weighted by Crippen LogP contribution is 2.18. The van der Waals surface area contributed by atoms with E-state index in [0.29, 0.717) is 11.3 Å². The van der Waals surface area contributed by atoms with Crippen molar-refractivity contribution in [2.24, 2.45) is 0 Å². The number of aryl methyl sites for hydroxylation is 1. The van der Waals surface area contributed by atoms with Crippen LogP contribution in [0.4, 0.5) is 15.8 Å². The zero-order valence-corrected chi connectivity index (χ0v) is 10.8. The lowest BCUT2D eigenvalue weighted by atomic mass is 10.1. The van der Waals surface area contributed by atoms with E-state index in [1.807, 2.05) is 6.07 Å². The van der Waals surface area contributed by atoms with Gasteiger partial charge < -0.3 is 11.1 Å². The molecule has 5 heteroatoms. The number of carbonyl (C=O) groups is 1. The van der Waals surface area contributed by atoms with Crippen LogP contribution < -0.4 is 11.1 Å². The van der Waals surface area contributed by atoms with E-state index in [-0.39, 0.29) is 11.3 Å². The lowest BCUT2D eigenvalue weighted by molar-refractivity contribution is 0.102. The molecule has 0 aliphatic rings. The van der Waals surface area contributed by atoms with Crippen molar-refractivity contribution >= 4 is 17.3 Å². The zero-order valence-electron chi connectivity index (χ0n) is 10.8. The lowest BCUT2D eigenvalue weighted by Gasteiger charge is -2.09. The summed E-state index contributed by atoms with van der Waals surface area (Å²) in [5.41, 5.74) is 7.44. The quantitative estimate of drug-likeness (QED) is 0.823. The number of nitrogen functional groups attached to an aromatic ring is 1. The third-order valence-corrected chi connectivity index (χ3v) is 2.85. The maximum atomic E-state index is 13.7. The van der Waals surface area contributed by atoms with Gasteiger partial charge in [0, 0.05) is 11.3 Å². The number of benzene rings is 2. The Labute approximate surface area is 115 Å². The van der Waals surface area contributed by atoms with E-state index in [1.54, 1.807) is 19.1 Å². The zero-order chi connectivity index (χ0) is 14.7. The van der Waals surface area contributed by atoms with Crippen LogP contribution >= 0.6 is 0 Å². The van der Waals surface area contributed by atoms with Crippen molar-refractivity contribution < 1.29 is 9.18 Å². The van der Waals surface area contributed by atoms with Crippen LogP contribution in [-0.2, 0) is 0 Å². The Hall–Kier alpha value is -2.87. The van der Waals surface area contributed by atoms with E-state index in [2.05, 4.69) is 5.32 Å². The average Bonchev–Trinajstić information content (AvgIpc) is 2.43. The summed E-state index contributed by atoms with van der Waals surface area (Å²) in [4.78, 5) is 12.1. The number of halogens is 1. The maximum absolute atomic E-state index is 13.7. The second-order valence-electron chi connectivity index (χ2n) is 4.33. The smallest absolute Gasteiger partial charge is 0.256 e. The summed E-state index contributed by atoms with van der Waals surface area (Å²) in [5, 5.41) is 11.1. The van der Waals surface area contributed by atoms with Crippen molar-refractivity contribution in [2.75, 3.05) is 11.1 Å². The van der Waals surface area contributed by atoms with Crippen molar-refractivity contribution in [2.45, 2.75) is 6.92 Å². The number of rotatable bonds is 2. The first-order valence-electron chi connectivity index (χ1n) is 5.88. The van der Waals surface area contributed by atoms with Crippen molar-refractivity contribution in [1.82, 2.24) is 0 Å². The number of nitrogens with one attached hydrogen (secondary N) is 1. The monoisotopic (exact) mass is 269 g/mol. The summed E-state index contributed by atoms with van der Waals surface area (Å²) >= 11 is 0. The molecule has 20 heavy (non-hydrogen) atoms. The van der Waals surface area contributed by atoms with E-state index in [9.17, 15) is 9.18 Å². The second kappa shape index (κ2) is 5.41. The summed E-state index contributed by atoms with van der Waals surface area (Å²) in [6.07, 6.45) is 0. The van der Waals surface area contributed by atoms with Gasteiger partial charge in [0.15, 0.2) is 0 Å². The predicted molar refractivity (Wildman–Crippen MR) is 74.7 cm³/mol. The lowest BCUT2D eigenvalue weighted by Crippen LogP contribution is -2.14. The minimum Gasteiger partial charge on any atom is -0.399 e. The van der Waals surface area contributed by atoms with Crippen LogP contribution in [0.5, 0.6) is 0 Å². The van der Waals surface area contributed by atoms with Gasteiger partial charge in [-0.05, 0) is 42.8 Å². The number of nitrogens with two attached hydrogens (primary N) is 1. The number of carbonyl (C=O) groups excluding carboxylic acids is 1. The van der Waals surface area contributed by atoms with Crippen molar-refractivity contribution in [3.8, 4) is 6.07 Å². The van der Waals surface area contributed by atoms with Gasteiger partial charge >= 0.3 is 0 Å². The van der Waals surface area contributed by atoms with Gasteiger partial charge in [0.1, 0.15) is 5.82 Å². The average molecular weight is 269 g/mol. The molecule has 2 rings (SSSR count). The van der Waals surface area contributed by atoms with Gasteiger partial charge in [-0.25, -0.2) is 4.39 Å². The molecule has 0 unspecified atom stereocenters. The number of nitrogens with zero attached hydrogens (tertiary/aromatic N) is 1. The molecule has 4 nitrogen and oxygen atoms in total. The Balaban J connectivity index is 2.28. The first-order valence-corrected chi connectivity index (χ1v) is 5.88. The van der Waals surface area contributed by atoms with Crippen LogP contribution in [0.3, 0.4) is 0 Å². The van der Waals surface area contributed by atoms with Gasteiger partial charge in [-0.3, -0.25) is 4.79 Å². The Morgan fingerprint density at radius 1 is 1.30 bits per heavy atom. The molecule has 0 aromatic heterocycles. The fraction of sp³-hybridized carbons (Fsp3) is 0.0667. The number of amides is 1. The third-order valence-electron chi connectivity index (χ3n) is 2.85. The summed E-state index contributed by atoms with van der Waals surface area (Å²) in [6, 6.07) is 10.6. The second-order valence-corrected chi connectivity index (χ2v) is 4.33. The van der Waals surface area contributed by atoms with Gasteiger partial charge in [0.25, 0.3) is 5.91 Å². The maximum Gasteiger partial charge on any atom is 0.256 e. The molecule has 100 valence electrons. The van der Waals surface area contributed by atoms with Crippen LogP contribution in [-0.4, -0.2) is 5.91 Å². The molecule has 0 atom stereocenters. The molecule has 0 saturated carbocycles. The molecule has 0 aliphatic carbocycles. The van der Waals surface area contributed by atoms with E-state index in [1.165, 1.54) is 18.2 Å². The topological polar surface area (TPSA) is 78.9 Å². The molecule has 3 N–H and O–H groups in total. The summed E-state index contributed by atoms with van der Waals surface area (Å²) in [5.74, 6) is -1.10. The molecular formula is C15H12FN3O.